The van der Waals surface area contributed by atoms with Gasteiger partial charge in [-0.2, -0.15) is 4.99 Å². The summed E-state index contributed by atoms with van der Waals surface area (Å²) in [6, 6.07) is -1.34. The highest BCUT2D eigenvalue weighted by Gasteiger charge is 2.50. The van der Waals surface area contributed by atoms with Crippen LogP contribution in [-0.2, 0) is 38.1 Å². The molecule has 0 aliphatic carbocycles. The van der Waals surface area contributed by atoms with Crippen molar-refractivity contribution in [1.82, 2.24) is 0 Å². The molecule has 0 aromatic heterocycles. The SMILES string of the molecule is CC(=O)OC[C@H]1O[C@H](O)[C@H](N=C=O)[C@@H](OC(C)=O)[C@@H]1OC(C)=O. The van der Waals surface area contributed by atoms with E-state index in [4.69, 9.17) is 18.9 Å². The monoisotopic (exact) mass is 331 g/mol. The molecule has 0 amide bonds. The quantitative estimate of drug-likeness (QED) is 0.286. The summed E-state index contributed by atoms with van der Waals surface area (Å²) in [6.45, 7) is 2.99. The molecule has 1 fully saturated rings. The van der Waals surface area contributed by atoms with E-state index in [1.165, 1.54) is 6.08 Å². The second-order valence-electron chi connectivity index (χ2n) is 4.73. The van der Waals surface area contributed by atoms with Crippen LogP contribution in [0.25, 0.3) is 0 Å². The Labute approximate surface area is 131 Å². The van der Waals surface area contributed by atoms with Gasteiger partial charge in [0, 0.05) is 20.8 Å². The van der Waals surface area contributed by atoms with Gasteiger partial charge in [0.25, 0.3) is 0 Å². The fourth-order valence-corrected chi connectivity index (χ4v) is 2.10. The summed E-state index contributed by atoms with van der Waals surface area (Å²) in [7, 11) is 0. The van der Waals surface area contributed by atoms with Crippen LogP contribution in [0.15, 0.2) is 4.99 Å². The predicted octanol–water partition coefficient (Wildman–Crippen LogP) is -1.17. The molecule has 0 radical (unpaired) electrons. The number of hydrogen-bond donors (Lipinski definition) is 1. The first-order valence-electron chi connectivity index (χ1n) is 6.64. The fourth-order valence-electron chi connectivity index (χ4n) is 2.10. The lowest BCUT2D eigenvalue weighted by Crippen LogP contribution is -2.60. The van der Waals surface area contributed by atoms with E-state index in [1.807, 2.05) is 0 Å². The van der Waals surface area contributed by atoms with Gasteiger partial charge in [0.1, 0.15) is 12.7 Å². The van der Waals surface area contributed by atoms with Gasteiger partial charge in [-0.3, -0.25) is 14.4 Å². The van der Waals surface area contributed by atoms with Crippen molar-refractivity contribution in [3.8, 4) is 0 Å². The van der Waals surface area contributed by atoms with Gasteiger partial charge in [-0.25, -0.2) is 4.79 Å². The molecular weight excluding hydrogens is 314 g/mol. The molecule has 0 spiro atoms. The zero-order valence-corrected chi connectivity index (χ0v) is 12.8. The molecule has 1 N–H and O–H groups in total. The van der Waals surface area contributed by atoms with Crippen LogP contribution in [0.5, 0.6) is 0 Å². The van der Waals surface area contributed by atoms with Crippen LogP contribution in [0.2, 0.25) is 0 Å². The maximum atomic E-state index is 11.3. The van der Waals surface area contributed by atoms with Crippen molar-refractivity contribution < 1.29 is 43.2 Å². The Kier molecular flexibility index (Phi) is 6.83. The Morgan fingerprint density at radius 3 is 2.13 bits per heavy atom. The normalized spacial score (nSPS) is 29.8. The summed E-state index contributed by atoms with van der Waals surface area (Å²) in [5.74, 6) is -2.10. The second kappa shape index (κ2) is 8.37. The molecule has 0 unspecified atom stereocenters. The maximum absolute atomic E-state index is 11.3. The van der Waals surface area contributed by atoms with Gasteiger partial charge >= 0.3 is 17.9 Å². The van der Waals surface area contributed by atoms with Crippen molar-refractivity contribution >= 4 is 24.0 Å². The Morgan fingerprint density at radius 2 is 1.65 bits per heavy atom. The molecule has 0 aromatic rings. The van der Waals surface area contributed by atoms with Gasteiger partial charge in [0.15, 0.2) is 24.5 Å². The molecule has 10 nitrogen and oxygen atoms in total. The average molecular weight is 331 g/mol. The Morgan fingerprint density at radius 1 is 1.09 bits per heavy atom. The van der Waals surface area contributed by atoms with Gasteiger partial charge in [0.2, 0.25) is 6.08 Å². The number of rotatable bonds is 5. The standard InChI is InChI=1S/C13H17NO9/c1-6(16)20-4-9-11(21-7(2)17)12(22-8(3)18)10(14-5-15)13(19)23-9/h9-13,19H,4H2,1-3H3/t9-,10-,11-,12-,13+/m1/s1. The predicted molar refractivity (Wildman–Crippen MR) is 70.5 cm³/mol. The second-order valence-corrected chi connectivity index (χ2v) is 4.73. The van der Waals surface area contributed by atoms with Gasteiger partial charge in [-0.05, 0) is 0 Å². The number of carbonyl (C=O) groups is 3. The molecule has 10 heteroatoms. The Balaban J connectivity index is 3.11. The lowest BCUT2D eigenvalue weighted by atomic mass is 9.97. The molecule has 0 bridgehead atoms. The first-order chi connectivity index (χ1) is 10.8. The minimum absolute atomic E-state index is 0.361. The zero-order valence-electron chi connectivity index (χ0n) is 12.8. The molecule has 1 aliphatic heterocycles. The first kappa shape index (κ1) is 18.8. The van der Waals surface area contributed by atoms with Crippen LogP contribution in [0.3, 0.4) is 0 Å². The number of aliphatic hydroxyl groups is 1. The lowest BCUT2D eigenvalue weighted by molar-refractivity contribution is -0.260. The van der Waals surface area contributed by atoms with Crippen LogP contribution >= 0.6 is 0 Å². The molecule has 5 atom stereocenters. The van der Waals surface area contributed by atoms with E-state index in [-0.39, 0.29) is 6.61 Å². The van der Waals surface area contributed by atoms with Gasteiger partial charge in [-0.1, -0.05) is 0 Å². The summed E-state index contributed by atoms with van der Waals surface area (Å²) in [6.07, 6.45) is -4.07. The Bertz CT molecular complexity index is 514. The van der Waals surface area contributed by atoms with E-state index >= 15 is 0 Å². The molecule has 1 heterocycles. The molecular formula is C13H17NO9. The lowest BCUT2D eigenvalue weighted by Gasteiger charge is -2.41. The largest absolute Gasteiger partial charge is 0.463 e. The molecule has 0 aromatic carbocycles. The van der Waals surface area contributed by atoms with Crippen molar-refractivity contribution in [2.75, 3.05) is 6.61 Å². The molecule has 1 saturated heterocycles. The molecule has 23 heavy (non-hydrogen) atoms. The van der Waals surface area contributed by atoms with E-state index in [2.05, 4.69) is 4.99 Å². The van der Waals surface area contributed by atoms with Crippen molar-refractivity contribution in [3.05, 3.63) is 0 Å². The number of isocyanates is 1. The number of hydrogen-bond acceptors (Lipinski definition) is 10. The fraction of sp³-hybridized carbons (Fsp3) is 0.692. The number of esters is 3. The molecule has 0 saturated carbocycles. The van der Waals surface area contributed by atoms with Crippen LogP contribution in [-0.4, -0.2) is 66.3 Å². The summed E-state index contributed by atoms with van der Waals surface area (Å²) in [4.78, 5) is 47.3. The third-order valence-electron chi connectivity index (χ3n) is 2.89. The van der Waals surface area contributed by atoms with Gasteiger partial charge in [-0.15, -0.1) is 0 Å². The number of aliphatic imine (C=N–C) groups is 1. The number of carbonyl (C=O) groups excluding carboxylic acids is 4. The minimum atomic E-state index is -1.65. The highest BCUT2D eigenvalue weighted by molar-refractivity contribution is 5.68. The number of nitrogens with zero attached hydrogens (tertiary/aromatic N) is 1. The van der Waals surface area contributed by atoms with E-state index < -0.39 is 48.6 Å². The molecule has 1 rings (SSSR count). The average Bonchev–Trinajstić information content (AvgIpc) is 2.42. The van der Waals surface area contributed by atoms with Crippen molar-refractivity contribution in [1.29, 1.82) is 0 Å². The summed E-state index contributed by atoms with van der Waals surface area (Å²) in [5.41, 5.74) is 0. The van der Waals surface area contributed by atoms with E-state index in [9.17, 15) is 24.3 Å². The highest BCUT2D eigenvalue weighted by Crippen LogP contribution is 2.27. The van der Waals surface area contributed by atoms with Crippen LogP contribution in [0.1, 0.15) is 20.8 Å². The van der Waals surface area contributed by atoms with Gasteiger partial charge < -0.3 is 24.1 Å². The van der Waals surface area contributed by atoms with E-state index in [1.54, 1.807) is 0 Å². The van der Waals surface area contributed by atoms with Gasteiger partial charge in [0.05, 0.1) is 0 Å². The summed E-state index contributed by atoms with van der Waals surface area (Å²) in [5, 5.41) is 9.90. The van der Waals surface area contributed by atoms with Crippen LogP contribution < -0.4 is 0 Å². The minimum Gasteiger partial charge on any atom is -0.463 e. The maximum Gasteiger partial charge on any atom is 0.303 e. The van der Waals surface area contributed by atoms with Crippen LogP contribution in [0, 0.1) is 0 Å². The summed E-state index contributed by atoms with van der Waals surface area (Å²) >= 11 is 0. The van der Waals surface area contributed by atoms with Crippen molar-refractivity contribution in [3.63, 3.8) is 0 Å². The third-order valence-corrected chi connectivity index (χ3v) is 2.89. The highest BCUT2D eigenvalue weighted by atomic mass is 16.7. The van der Waals surface area contributed by atoms with E-state index in [0.29, 0.717) is 0 Å². The number of ether oxygens (including phenoxy) is 4. The van der Waals surface area contributed by atoms with Crippen molar-refractivity contribution in [2.45, 2.75) is 51.4 Å². The van der Waals surface area contributed by atoms with Crippen LogP contribution in [0.4, 0.5) is 0 Å². The molecule has 128 valence electrons. The third kappa shape index (κ3) is 5.44. The number of aliphatic hydroxyl groups excluding tert-OH is 1. The smallest absolute Gasteiger partial charge is 0.303 e. The first-order valence-corrected chi connectivity index (χ1v) is 6.64. The van der Waals surface area contributed by atoms with E-state index in [0.717, 1.165) is 20.8 Å². The topological polar surface area (TPSA) is 138 Å². The van der Waals surface area contributed by atoms with Crippen molar-refractivity contribution in [2.24, 2.45) is 4.99 Å². The molecule has 1 aliphatic rings. The zero-order chi connectivity index (χ0) is 17.6. The Hall–Kier alpha value is -2.29. The summed E-state index contributed by atoms with van der Waals surface area (Å²) < 4.78 is 20.0.